The average Bonchev–Trinajstić information content (AvgIpc) is 3.27. The van der Waals surface area contributed by atoms with E-state index >= 15 is 0 Å². The van der Waals surface area contributed by atoms with Crippen LogP contribution in [0.5, 0.6) is 17.2 Å². The molecule has 0 spiro atoms. The second-order valence-electron chi connectivity index (χ2n) is 7.47. The summed E-state index contributed by atoms with van der Waals surface area (Å²) in [4.78, 5) is 7.13. The Kier molecular flexibility index (Phi) is 8.27. The molecule has 2 aromatic carbocycles. The van der Waals surface area contributed by atoms with Crippen molar-refractivity contribution in [2.45, 2.75) is 25.8 Å². The Labute approximate surface area is 185 Å². The van der Waals surface area contributed by atoms with Gasteiger partial charge in [0, 0.05) is 56.1 Å². The standard InChI is InChI=1S/C24H34N4O3/c1-5-25-24(26-12-10-18-8-6-7-9-23(18)31-4)27-19-11-13-28(17-19)20-14-21(29-2)16-22(15-20)30-3/h6-9,14-16,19H,5,10-13,17H2,1-4H3,(H2,25,26,27). The molecule has 31 heavy (non-hydrogen) atoms. The van der Waals surface area contributed by atoms with Crippen LogP contribution >= 0.6 is 0 Å². The maximum Gasteiger partial charge on any atom is 0.191 e. The van der Waals surface area contributed by atoms with Crippen LogP contribution in [0, 0.1) is 0 Å². The van der Waals surface area contributed by atoms with E-state index in [1.54, 1.807) is 21.3 Å². The summed E-state index contributed by atoms with van der Waals surface area (Å²) in [6.45, 7) is 5.46. The van der Waals surface area contributed by atoms with Crippen molar-refractivity contribution in [2.24, 2.45) is 4.99 Å². The van der Waals surface area contributed by atoms with E-state index in [2.05, 4.69) is 40.7 Å². The van der Waals surface area contributed by atoms with Crippen molar-refractivity contribution in [3.63, 3.8) is 0 Å². The van der Waals surface area contributed by atoms with Crippen LogP contribution in [0.25, 0.3) is 0 Å². The molecule has 168 valence electrons. The number of nitrogens with one attached hydrogen (secondary N) is 2. The van der Waals surface area contributed by atoms with Crippen molar-refractivity contribution in [1.29, 1.82) is 0 Å². The number of hydrogen-bond acceptors (Lipinski definition) is 5. The highest BCUT2D eigenvalue weighted by atomic mass is 16.5. The third-order valence-corrected chi connectivity index (χ3v) is 5.42. The van der Waals surface area contributed by atoms with Crippen molar-refractivity contribution < 1.29 is 14.2 Å². The molecule has 1 fully saturated rings. The van der Waals surface area contributed by atoms with Gasteiger partial charge in [-0.1, -0.05) is 18.2 Å². The van der Waals surface area contributed by atoms with Gasteiger partial charge >= 0.3 is 0 Å². The molecule has 1 saturated heterocycles. The molecule has 7 nitrogen and oxygen atoms in total. The number of para-hydroxylation sites is 1. The first-order chi connectivity index (χ1) is 15.2. The number of guanidine groups is 1. The summed E-state index contributed by atoms with van der Waals surface area (Å²) >= 11 is 0. The normalized spacial score (nSPS) is 16.2. The van der Waals surface area contributed by atoms with E-state index in [9.17, 15) is 0 Å². The van der Waals surface area contributed by atoms with Crippen molar-refractivity contribution in [3.8, 4) is 17.2 Å². The van der Waals surface area contributed by atoms with Crippen LogP contribution < -0.4 is 29.7 Å². The molecule has 0 saturated carbocycles. The molecule has 1 unspecified atom stereocenters. The Balaban J connectivity index is 1.60. The smallest absolute Gasteiger partial charge is 0.191 e. The zero-order valence-corrected chi connectivity index (χ0v) is 19.0. The first-order valence-corrected chi connectivity index (χ1v) is 10.8. The molecule has 3 rings (SSSR count). The maximum atomic E-state index is 5.44. The molecule has 7 heteroatoms. The molecule has 1 atom stereocenters. The predicted molar refractivity (Wildman–Crippen MR) is 126 cm³/mol. The number of nitrogens with zero attached hydrogens (tertiary/aromatic N) is 2. The number of anilines is 1. The molecule has 0 bridgehead atoms. The second-order valence-corrected chi connectivity index (χ2v) is 7.47. The van der Waals surface area contributed by atoms with Crippen molar-refractivity contribution in [3.05, 3.63) is 48.0 Å². The minimum Gasteiger partial charge on any atom is -0.497 e. The number of methoxy groups -OCH3 is 3. The topological polar surface area (TPSA) is 67.4 Å². The summed E-state index contributed by atoms with van der Waals surface area (Å²) in [5, 5.41) is 6.96. The summed E-state index contributed by atoms with van der Waals surface area (Å²) in [6.07, 6.45) is 1.87. The van der Waals surface area contributed by atoms with Gasteiger partial charge in [0.05, 0.1) is 21.3 Å². The van der Waals surface area contributed by atoms with Crippen LogP contribution in [0.1, 0.15) is 18.9 Å². The lowest BCUT2D eigenvalue weighted by molar-refractivity contribution is 0.394. The number of benzene rings is 2. The molecule has 0 radical (unpaired) electrons. The molecule has 0 aliphatic carbocycles. The fourth-order valence-electron chi connectivity index (χ4n) is 3.80. The summed E-state index contributed by atoms with van der Waals surface area (Å²) in [5.74, 6) is 3.37. The lowest BCUT2D eigenvalue weighted by Gasteiger charge is -2.21. The Hall–Kier alpha value is -3.09. The number of hydrogen-bond donors (Lipinski definition) is 2. The highest BCUT2D eigenvalue weighted by Gasteiger charge is 2.24. The number of rotatable bonds is 9. The Morgan fingerprint density at radius 1 is 1.06 bits per heavy atom. The van der Waals surface area contributed by atoms with Gasteiger partial charge in [0.15, 0.2) is 5.96 Å². The van der Waals surface area contributed by atoms with Crippen molar-refractivity contribution >= 4 is 11.6 Å². The van der Waals surface area contributed by atoms with Gasteiger partial charge in [-0.05, 0) is 31.4 Å². The third kappa shape index (κ3) is 6.20. The summed E-state index contributed by atoms with van der Waals surface area (Å²) in [7, 11) is 5.06. The van der Waals surface area contributed by atoms with E-state index in [-0.39, 0.29) is 0 Å². The first kappa shape index (κ1) is 22.6. The van der Waals surface area contributed by atoms with E-state index in [4.69, 9.17) is 19.2 Å². The summed E-state index contributed by atoms with van der Waals surface area (Å²) in [6, 6.07) is 14.4. The zero-order valence-electron chi connectivity index (χ0n) is 19.0. The average molecular weight is 427 g/mol. The van der Waals surface area contributed by atoms with Gasteiger partial charge in [-0.2, -0.15) is 0 Å². The molecule has 1 heterocycles. The molecule has 1 aliphatic heterocycles. The zero-order chi connectivity index (χ0) is 22.1. The predicted octanol–water partition coefficient (Wildman–Crippen LogP) is 3.09. The molecular formula is C24H34N4O3. The highest BCUT2D eigenvalue weighted by molar-refractivity contribution is 5.80. The molecule has 2 aromatic rings. The monoisotopic (exact) mass is 426 g/mol. The van der Waals surface area contributed by atoms with Gasteiger partial charge in [-0.15, -0.1) is 0 Å². The van der Waals surface area contributed by atoms with Gasteiger partial charge in [-0.3, -0.25) is 4.99 Å². The van der Waals surface area contributed by atoms with Crippen LogP contribution in [-0.4, -0.2) is 59.5 Å². The molecular weight excluding hydrogens is 392 g/mol. The summed E-state index contributed by atoms with van der Waals surface area (Å²) in [5.41, 5.74) is 2.28. The Morgan fingerprint density at radius 2 is 1.81 bits per heavy atom. The van der Waals surface area contributed by atoms with Gasteiger partial charge in [0.25, 0.3) is 0 Å². The quantitative estimate of drug-likeness (QED) is 0.475. The fourth-order valence-corrected chi connectivity index (χ4v) is 3.80. The second kappa shape index (κ2) is 11.3. The number of aliphatic imine (C=N–C) groups is 1. The Bertz CT molecular complexity index is 849. The minimum absolute atomic E-state index is 0.321. The minimum atomic E-state index is 0.321. The first-order valence-electron chi connectivity index (χ1n) is 10.8. The Morgan fingerprint density at radius 3 is 2.48 bits per heavy atom. The van der Waals surface area contributed by atoms with E-state index in [1.807, 2.05) is 24.3 Å². The van der Waals surface area contributed by atoms with Gasteiger partial charge in [0.2, 0.25) is 0 Å². The molecule has 1 aliphatic rings. The number of ether oxygens (including phenoxy) is 3. The largest absolute Gasteiger partial charge is 0.497 e. The van der Waals surface area contributed by atoms with Crippen LogP contribution in [0.15, 0.2) is 47.5 Å². The third-order valence-electron chi connectivity index (χ3n) is 5.42. The lowest BCUT2D eigenvalue weighted by Crippen LogP contribution is -2.44. The van der Waals surface area contributed by atoms with Gasteiger partial charge < -0.3 is 29.7 Å². The van der Waals surface area contributed by atoms with Crippen molar-refractivity contribution in [1.82, 2.24) is 10.6 Å². The maximum absolute atomic E-state index is 5.44. The molecule has 0 aromatic heterocycles. The van der Waals surface area contributed by atoms with Crippen LogP contribution in [0.2, 0.25) is 0 Å². The highest BCUT2D eigenvalue weighted by Crippen LogP contribution is 2.30. The van der Waals surface area contributed by atoms with Crippen molar-refractivity contribution in [2.75, 3.05) is 52.4 Å². The van der Waals surface area contributed by atoms with E-state index in [0.717, 1.165) is 61.4 Å². The van der Waals surface area contributed by atoms with Crippen LogP contribution in [0.4, 0.5) is 5.69 Å². The summed E-state index contributed by atoms with van der Waals surface area (Å²) < 4.78 is 16.3. The SMILES string of the molecule is CCNC(=NCCc1ccccc1OC)NC1CCN(c2cc(OC)cc(OC)c2)C1. The molecule has 0 amide bonds. The van der Waals surface area contributed by atoms with E-state index in [0.29, 0.717) is 12.6 Å². The lowest BCUT2D eigenvalue weighted by atomic mass is 10.1. The van der Waals surface area contributed by atoms with Gasteiger partial charge in [-0.25, -0.2) is 0 Å². The molecule has 2 N–H and O–H groups in total. The van der Waals surface area contributed by atoms with E-state index < -0.39 is 0 Å². The van der Waals surface area contributed by atoms with E-state index in [1.165, 1.54) is 5.56 Å². The van der Waals surface area contributed by atoms with Crippen LogP contribution in [-0.2, 0) is 6.42 Å². The van der Waals surface area contributed by atoms with Gasteiger partial charge in [0.1, 0.15) is 17.2 Å². The van der Waals surface area contributed by atoms with Crippen LogP contribution in [0.3, 0.4) is 0 Å². The fraction of sp³-hybridized carbons (Fsp3) is 0.458.